The van der Waals surface area contributed by atoms with Crippen molar-refractivity contribution in [2.24, 2.45) is 0 Å². The maximum absolute atomic E-state index is 12.5. The van der Waals surface area contributed by atoms with E-state index >= 15 is 0 Å². The van der Waals surface area contributed by atoms with E-state index in [0.717, 1.165) is 18.9 Å². The van der Waals surface area contributed by atoms with E-state index in [1.54, 1.807) is 31.2 Å². The quantitative estimate of drug-likeness (QED) is 0.900. The molecule has 0 aliphatic carbocycles. The predicted octanol–water partition coefficient (Wildman–Crippen LogP) is 2.54. The number of benzene rings is 1. The Morgan fingerprint density at radius 2 is 2.04 bits per heavy atom. The van der Waals surface area contributed by atoms with Crippen LogP contribution in [0.3, 0.4) is 0 Å². The standard InChI is InChI=1S/C17H19ClN4O3/c1-11-19-14(10-16(20-11)22-5-7-25-8-6-22)17(23)21-12-3-4-15(24-2)13(18)9-12/h3-4,9-10H,5-8H2,1-2H3,(H,21,23). The summed E-state index contributed by atoms with van der Waals surface area (Å²) in [5.74, 6) is 1.50. The summed E-state index contributed by atoms with van der Waals surface area (Å²) < 4.78 is 10.5. The van der Waals surface area contributed by atoms with Crippen LogP contribution in [0, 0.1) is 6.92 Å². The van der Waals surface area contributed by atoms with Crippen molar-refractivity contribution in [3.8, 4) is 5.75 Å². The number of amides is 1. The minimum Gasteiger partial charge on any atom is -0.495 e. The molecule has 0 radical (unpaired) electrons. The van der Waals surface area contributed by atoms with Crippen molar-refractivity contribution < 1.29 is 14.3 Å². The van der Waals surface area contributed by atoms with Gasteiger partial charge in [-0.05, 0) is 25.1 Å². The molecule has 1 N–H and O–H groups in total. The minimum absolute atomic E-state index is 0.306. The molecule has 2 heterocycles. The number of aryl methyl sites for hydroxylation is 1. The zero-order valence-corrected chi connectivity index (χ0v) is 14.8. The van der Waals surface area contributed by atoms with Gasteiger partial charge in [-0.15, -0.1) is 0 Å². The van der Waals surface area contributed by atoms with Crippen molar-refractivity contribution in [2.45, 2.75) is 6.92 Å². The Morgan fingerprint density at radius 1 is 1.28 bits per heavy atom. The topological polar surface area (TPSA) is 76.6 Å². The number of carbonyl (C=O) groups is 1. The molecule has 0 unspecified atom stereocenters. The number of hydrogen-bond donors (Lipinski definition) is 1. The van der Waals surface area contributed by atoms with Crippen LogP contribution in [0.2, 0.25) is 5.02 Å². The predicted molar refractivity (Wildman–Crippen MR) is 95.8 cm³/mol. The van der Waals surface area contributed by atoms with Crippen LogP contribution in [0.1, 0.15) is 16.3 Å². The summed E-state index contributed by atoms with van der Waals surface area (Å²) in [7, 11) is 1.54. The first-order valence-corrected chi connectivity index (χ1v) is 8.28. The molecule has 8 heteroatoms. The number of nitrogens with one attached hydrogen (secondary N) is 1. The fourth-order valence-corrected chi connectivity index (χ4v) is 2.82. The molecule has 0 bridgehead atoms. The Balaban J connectivity index is 1.79. The third kappa shape index (κ3) is 4.18. The normalized spacial score (nSPS) is 14.3. The van der Waals surface area contributed by atoms with Gasteiger partial charge in [0.15, 0.2) is 0 Å². The molecule has 0 spiro atoms. The van der Waals surface area contributed by atoms with Crippen molar-refractivity contribution >= 4 is 29.0 Å². The number of rotatable bonds is 4. The number of morpholine rings is 1. The number of anilines is 2. The van der Waals surface area contributed by atoms with Gasteiger partial charge >= 0.3 is 0 Å². The van der Waals surface area contributed by atoms with Crippen molar-refractivity contribution in [1.82, 2.24) is 9.97 Å². The highest BCUT2D eigenvalue weighted by molar-refractivity contribution is 6.32. The van der Waals surface area contributed by atoms with Gasteiger partial charge in [0, 0.05) is 24.8 Å². The van der Waals surface area contributed by atoms with Gasteiger partial charge < -0.3 is 19.7 Å². The zero-order chi connectivity index (χ0) is 17.8. The Labute approximate surface area is 150 Å². The average Bonchev–Trinajstić information content (AvgIpc) is 2.62. The Kier molecular flexibility index (Phi) is 5.35. The lowest BCUT2D eigenvalue weighted by Crippen LogP contribution is -2.37. The summed E-state index contributed by atoms with van der Waals surface area (Å²) in [6.07, 6.45) is 0. The summed E-state index contributed by atoms with van der Waals surface area (Å²) in [5, 5.41) is 3.22. The molecule has 0 atom stereocenters. The molecule has 1 aliphatic rings. The monoisotopic (exact) mass is 362 g/mol. The molecule has 1 fully saturated rings. The Morgan fingerprint density at radius 3 is 2.72 bits per heavy atom. The summed E-state index contributed by atoms with van der Waals surface area (Å²) in [5.41, 5.74) is 0.876. The molecule has 7 nitrogen and oxygen atoms in total. The maximum atomic E-state index is 12.5. The number of hydrogen-bond acceptors (Lipinski definition) is 6. The third-order valence-corrected chi connectivity index (χ3v) is 4.10. The highest BCUT2D eigenvalue weighted by Gasteiger charge is 2.17. The maximum Gasteiger partial charge on any atom is 0.274 e. The first-order chi connectivity index (χ1) is 12.1. The molecule has 2 aromatic rings. The zero-order valence-electron chi connectivity index (χ0n) is 14.1. The second kappa shape index (κ2) is 7.67. The van der Waals surface area contributed by atoms with E-state index in [1.165, 1.54) is 7.11 Å². The fraction of sp³-hybridized carbons (Fsp3) is 0.353. The largest absolute Gasteiger partial charge is 0.495 e. The van der Waals surface area contributed by atoms with Gasteiger partial charge in [-0.2, -0.15) is 0 Å². The molecule has 1 aromatic heterocycles. The highest BCUT2D eigenvalue weighted by Crippen LogP contribution is 2.27. The molecule has 1 aromatic carbocycles. The number of methoxy groups -OCH3 is 1. The van der Waals surface area contributed by atoms with E-state index < -0.39 is 0 Å². The number of nitrogens with zero attached hydrogens (tertiary/aromatic N) is 3. The van der Waals surface area contributed by atoms with Gasteiger partial charge in [-0.3, -0.25) is 4.79 Å². The van der Waals surface area contributed by atoms with Crippen LogP contribution in [-0.4, -0.2) is 49.3 Å². The van der Waals surface area contributed by atoms with Crippen LogP contribution in [0.25, 0.3) is 0 Å². The first-order valence-electron chi connectivity index (χ1n) is 7.90. The Bertz CT molecular complexity index is 778. The lowest BCUT2D eigenvalue weighted by molar-refractivity contribution is 0.102. The third-order valence-electron chi connectivity index (χ3n) is 3.80. The summed E-state index contributed by atoms with van der Waals surface area (Å²) in [6.45, 7) is 4.55. The lowest BCUT2D eigenvalue weighted by atomic mass is 10.2. The second-order valence-electron chi connectivity index (χ2n) is 5.56. The molecule has 25 heavy (non-hydrogen) atoms. The number of halogens is 1. The molecule has 1 saturated heterocycles. The summed E-state index contributed by atoms with van der Waals surface area (Å²) >= 11 is 6.09. The molecule has 132 valence electrons. The van der Waals surface area contributed by atoms with Crippen LogP contribution in [0.4, 0.5) is 11.5 Å². The van der Waals surface area contributed by atoms with E-state index in [4.69, 9.17) is 21.1 Å². The van der Waals surface area contributed by atoms with E-state index in [0.29, 0.717) is 41.2 Å². The summed E-state index contributed by atoms with van der Waals surface area (Å²) in [4.78, 5) is 23.3. The van der Waals surface area contributed by atoms with Crippen LogP contribution in [0.5, 0.6) is 5.75 Å². The molecule has 1 aliphatic heterocycles. The molecule has 1 amide bonds. The van der Waals surface area contributed by atoms with Crippen LogP contribution in [0.15, 0.2) is 24.3 Å². The van der Waals surface area contributed by atoms with Crippen molar-refractivity contribution in [3.05, 3.63) is 40.8 Å². The number of carbonyl (C=O) groups excluding carboxylic acids is 1. The summed E-state index contributed by atoms with van der Waals surface area (Å²) in [6, 6.07) is 6.75. The van der Waals surface area contributed by atoms with Gasteiger partial charge in [0.05, 0.1) is 25.3 Å². The first kappa shape index (κ1) is 17.4. The van der Waals surface area contributed by atoms with Crippen LogP contribution in [-0.2, 0) is 4.74 Å². The minimum atomic E-state index is -0.318. The fourth-order valence-electron chi connectivity index (χ4n) is 2.56. The van der Waals surface area contributed by atoms with E-state index in [-0.39, 0.29) is 5.91 Å². The van der Waals surface area contributed by atoms with E-state index in [1.807, 2.05) is 0 Å². The van der Waals surface area contributed by atoms with Crippen molar-refractivity contribution in [3.63, 3.8) is 0 Å². The lowest BCUT2D eigenvalue weighted by Gasteiger charge is -2.28. The van der Waals surface area contributed by atoms with Crippen LogP contribution >= 0.6 is 11.6 Å². The molecular formula is C17H19ClN4O3. The second-order valence-corrected chi connectivity index (χ2v) is 5.97. The Hall–Kier alpha value is -2.38. The van der Waals surface area contributed by atoms with E-state index in [9.17, 15) is 4.79 Å². The van der Waals surface area contributed by atoms with Gasteiger partial charge in [0.25, 0.3) is 5.91 Å². The number of aromatic nitrogens is 2. The van der Waals surface area contributed by atoms with Gasteiger partial charge in [-0.25, -0.2) is 9.97 Å². The molecule has 3 rings (SSSR count). The van der Waals surface area contributed by atoms with Gasteiger partial charge in [0.1, 0.15) is 23.1 Å². The van der Waals surface area contributed by atoms with Crippen molar-refractivity contribution in [2.75, 3.05) is 43.6 Å². The van der Waals surface area contributed by atoms with Crippen molar-refractivity contribution in [1.29, 1.82) is 0 Å². The smallest absolute Gasteiger partial charge is 0.274 e. The van der Waals surface area contributed by atoms with Gasteiger partial charge in [0.2, 0.25) is 0 Å². The average molecular weight is 363 g/mol. The van der Waals surface area contributed by atoms with Crippen LogP contribution < -0.4 is 15.0 Å². The molecule has 0 saturated carbocycles. The van der Waals surface area contributed by atoms with Gasteiger partial charge in [-0.1, -0.05) is 11.6 Å². The molecular weight excluding hydrogens is 344 g/mol. The number of ether oxygens (including phenoxy) is 2. The highest BCUT2D eigenvalue weighted by atomic mass is 35.5. The SMILES string of the molecule is COc1ccc(NC(=O)c2cc(N3CCOCC3)nc(C)n2)cc1Cl. The van der Waals surface area contributed by atoms with E-state index in [2.05, 4.69) is 20.2 Å².